The number of nitrogens with one attached hydrogen (secondary N) is 1. The molecule has 94 valence electrons. The molecule has 0 atom stereocenters. The van der Waals surface area contributed by atoms with Gasteiger partial charge in [0.05, 0.1) is 6.54 Å². The molecule has 0 fully saturated rings. The Morgan fingerprint density at radius 1 is 1.39 bits per heavy atom. The first-order chi connectivity index (χ1) is 8.70. The van der Waals surface area contributed by atoms with Gasteiger partial charge in [0.1, 0.15) is 5.82 Å². The number of hydrogen-bond donors (Lipinski definition) is 1. The van der Waals surface area contributed by atoms with Crippen LogP contribution in [0.15, 0.2) is 41.5 Å². The summed E-state index contributed by atoms with van der Waals surface area (Å²) in [5, 5.41) is 3.20. The molecule has 18 heavy (non-hydrogen) atoms. The number of anilines is 1. The number of hydrogen-bond acceptors (Lipinski definition) is 3. The van der Waals surface area contributed by atoms with Gasteiger partial charge in [0.15, 0.2) is 0 Å². The average Bonchev–Trinajstić information content (AvgIpc) is 2.35. The molecule has 2 heterocycles. The lowest BCUT2D eigenvalue weighted by atomic mass is 10.2. The third kappa shape index (κ3) is 2.77. The SMILES string of the molecule is CCNc1ncccc1Cn1ccc(C)cc1=O. The van der Waals surface area contributed by atoms with E-state index in [0.29, 0.717) is 6.54 Å². The van der Waals surface area contributed by atoms with Gasteiger partial charge in [-0.05, 0) is 31.5 Å². The molecule has 0 radical (unpaired) electrons. The first-order valence-electron chi connectivity index (χ1n) is 6.05. The van der Waals surface area contributed by atoms with E-state index in [4.69, 9.17) is 0 Å². The highest BCUT2D eigenvalue weighted by Gasteiger charge is 2.04. The van der Waals surface area contributed by atoms with E-state index >= 15 is 0 Å². The van der Waals surface area contributed by atoms with Crippen molar-refractivity contribution >= 4 is 5.82 Å². The number of aromatic nitrogens is 2. The summed E-state index contributed by atoms with van der Waals surface area (Å²) in [7, 11) is 0. The number of rotatable bonds is 4. The van der Waals surface area contributed by atoms with Gasteiger partial charge in [0.2, 0.25) is 0 Å². The Morgan fingerprint density at radius 2 is 2.22 bits per heavy atom. The van der Waals surface area contributed by atoms with E-state index in [9.17, 15) is 4.79 Å². The van der Waals surface area contributed by atoms with Crippen LogP contribution in [0.25, 0.3) is 0 Å². The van der Waals surface area contributed by atoms with Crippen LogP contribution in [0.1, 0.15) is 18.1 Å². The molecule has 2 aromatic heterocycles. The molecular weight excluding hydrogens is 226 g/mol. The monoisotopic (exact) mass is 243 g/mol. The number of aryl methyl sites for hydroxylation is 1. The van der Waals surface area contributed by atoms with Crippen LogP contribution in [0.4, 0.5) is 5.82 Å². The van der Waals surface area contributed by atoms with Gasteiger partial charge in [0.25, 0.3) is 5.56 Å². The van der Waals surface area contributed by atoms with Crippen LogP contribution < -0.4 is 10.9 Å². The normalized spacial score (nSPS) is 10.3. The Hall–Kier alpha value is -2.10. The highest BCUT2D eigenvalue weighted by molar-refractivity contribution is 5.43. The fourth-order valence-electron chi connectivity index (χ4n) is 1.81. The maximum Gasteiger partial charge on any atom is 0.251 e. The van der Waals surface area contributed by atoms with Crippen molar-refractivity contribution in [2.24, 2.45) is 0 Å². The standard InChI is InChI=1S/C14H17N3O/c1-3-15-14-12(5-4-7-16-14)10-17-8-6-11(2)9-13(17)18/h4-9H,3,10H2,1-2H3,(H,15,16). The third-order valence-electron chi connectivity index (χ3n) is 2.73. The van der Waals surface area contributed by atoms with Crippen molar-refractivity contribution in [3.8, 4) is 0 Å². The molecule has 0 spiro atoms. The molecule has 2 rings (SSSR count). The summed E-state index contributed by atoms with van der Waals surface area (Å²) in [6, 6.07) is 7.45. The average molecular weight is 243 g/mol. The quantitative estimate of drug-likeness (QED) is 0.893. The van der Waals surface area contributed by atoms with E-state index in [1.54, 1.807) is 16.8 Å². The van der Waals surface area contributed by atoms with Gasteiger partial charge in [-0.3, -0.25) is 4.79 Å². The molecule has 0 aromatic carbocycles. The van der Waals surface area contributed by atoms with Crippen molar-refractivity contribution in [1.82, 2.24) is 9.55 Å². The number of pyridine rings is 2. The van der Waals surface area contributed by atoms with Gasteiger partial charge in [-0.15, -0.1) is 0 Å². The molecule has 1 N–H and O–H groups in total. The Bertz CT molecular complexity index is 590. The van der Waals surface area contributed by atoms with Crippen molar-refractivity contribution in [2.45, 2.75) is 20.4 Å². The predicted octanol–water partition coefficient (Wildman–Crippen LogP) is 2.03. The van der Waals surface area contributed by atoms with Crippen molar-refractivity contribution < 1.29 is 0 Å². The maximum absolute atomic E-state index is 11.8. The van der Waals surface area contributed by atoms with Crippen LogP contribution in [0.2, 0.25) is 0 Å². The summed E-state index contributed by atoms with van der Waals surface area (Å²) in [6.07, 6.45) is 3.57. The van der Waals surface area contributed by atoms with Gasteiger partial charge >= 0.3 is 0 Å². The largest absolute Gasteiger partial charge is 0.370 e. The highest BCUT2D eigenvalue weighted by Crippen LogP contribution is 2.12. The van der Waals surface area contributed by atoms with E-state index in [1.807, 2.05) is 38.2 Å². The fourth-order valence-corrected chi connectivity index (χ4v) is 1.81. The van der Waals surface area contributed by atoms with Crippen LogP contribution >= 0.6 is 0 Å². The van der Waals surface area contributed by atoms with E-state index < -0.39 is 0 Å². The summed E-state index contributed by atoms with van der Waals surface area (Å²) >= 11 is 0. The lowest BCUT2D eigenvalue weighted by Gasteiger charge is -2.11. The molecule has 0 unspecified atom stereocenters. The summed E-state index contributed by atoms with van der Waals surface area (Å²) in [6.45, 7) is 5.29. The summed E-state index contributed by atoms with van der Waals surface area (Å²) in [4.78, 5) is 16.1. The molecule has 0 saturated carbocycles. The van der Waals surface area contributed by atoms with E-state index in [0.717, 1.165) is 23.5 Å². The maximum atomic E-state index is 11.8. The summed E-state index contributed by atoms with van der Waals surface area (Å²) in [5.41, 5.74) is 2.01. The Kier molecular flexibility index (Phi) is 3.77. The molecule has 0 amide bonds. The highest BCUT2D eigenvalue weighted by atomic mass is 16.1. The molecule has 0 aliphatic heterocycles. The van der Waals surface area contributed by atoms with Crippen LogP contribution in [0, 0.1) is 6.92 Å². The van der Waals surface area contributed by atoms with Crippen molar-refractivity contribution in [2.75, 3.05) is 11.9 Å². The third-order valence-corrected chi connectivity index (χ3v) is 2.73. The van der Waals surface area contributed by atoms with Crippen LogP contribution in [-0.2, 0) is 6.54 Å². The van der Waals surface area contributed by atoms with E-state index in [1.165, 1.54) is 0 Å². The Balaban J connectivity index is 2.31. The zero-order valence-corrected chi connectivity index (χ0v) is 10.7. The Labute approximate surface area is 106 Å². The van der Waals surface area contributed by atoms with Crippen molar-refractivity contribution in [1.29, 1.82) is 0 Å². The van der Waals surface area contributed by atoms with Crippen molar-refractivity contribution in [3.63, 3.8) is 0 Å². The smallest absolute Gasteiger partial charge is 0.251 e. The first kappa shape index (κ1) is 12.4. The van der Waals surface area contributed by atoms with Gasteiger partial charge in [-0.25, -0.2) is 4.98 Å². The van der Waals surface area contributed by atoms with E-state index in [-0.39, 0.29) is 5.56 Å². The molecule has 0 aliphatic rings. The molecule has 0 saturated heterocycles. The minimum atomic E-state index is 0.0151. The van der Waals surface area contributed by atoms with E-state index in [2.05, 4.69) is 10.3 Å². The molecule has 0 bridgehead atoms. The van der Waals surface area contributed by atoms with Crippen molar-refractivity contribution in [3.05, 3.63) is 58.1 Å². The second-order valence-corrected chi connectivity index (χ2v) is 4.21. The van der Waals surface area contributed by atoms with Gasteiger partial charge in [-0.1, -0.05) is 6.07 Å². The minimum Gasteiger partial charge on any atom is -0.370 e. The van der Waals surface area contributed by atoms with Crippen LogP contribution in [0.5, 0.6) is 0 Å². The van der Waals surface area contributed by atoms with Gasteiger partial charge in [-0.2, -0.15) is 0 Å². The van der Waals surface area contributed by atoms with Gasteiger partial charge in [0, 0.05) is 30.6 Å². The minimum absolute atomic E-state index is 0.0151. The summed E-state index contributed by atoms with van der Waals surface area (Å²) in [5.74, 6) is 0.840. The molecule has 4 heteroatoms. The zero-order chi connectivity index (χ0) is 13.0. The topological polar surface area (TPSA) is 46.9 Å². The zero-order valence-electron chi connectivity index (χ0n) is 10.7. The number of nitrogens with zero attached hydrogens (tertiary/aromatic N) is 2. The van der Waals surface area contributed by atoms with Crippen LogP contribution in [-0.4, -0.2) is 16.1 Å². The lowest BCUT2D eigenvalue weighted by molar-refractivity contribution is 0.755. The van der Waals surface area contributed by atoms with Crippen LogP contribution in [0.3, 0.4) is 0 Å². The lowest BCUT2D eigenvalue weighted by Crippen LogP contribution is -2.20. The molecule has 0 aliphatic carbocycles. The fraction of sp³-hybridized carbons (Fsp3) is 0.286. The Morgan fingerprint density at radius 3 is 2.94 bits per heavy atom. The van der Waals surface area contributed by atoms with Gasteiger partial charge < -0.3 is 9.88 Å². The second kappa shape index (κ2) is 5.49. The second-order valence-electron chi connectivity index (χ2n) is 4.21. The molecular formula is C14H17N3O. The molecule has 2 aromatic rings. The predicted molar refractivity (Wildman–Crippen MR) is 72.9 cm³/mol. The summed E-state index contributed by atoms with van der Waals surface area (Å²) < 4.78 is 1.69. The first-order valence-corrected chi connectivity index (χ1v) is 6.05. The molecule has 4 nitrogen and oxygen atoms in total.